The SMILES string of the molecule is CCOC(=O)CCONC1c2cc([N+](=O)[O-])cc([N+](=O)[O-])c2-c2c1cc([N+](=O)[O-])cc2[N+](=O)[O-]. The van der Waals surface area contributed by atoms with Crippen LogP contribution in [0.5, 0.6) is 0 Å². The van der Waals surface area contributed by atoms with E-state index in [9.17, 15) is 45.3 Å². The molecular weight excluding hydrogens is 462 g/mol. The van der Waals surface area contributed by atoms with Crippen LogP contribution in [0.15, 0.2) is 24.3 Å². The predicted molar refractivity (Wildman–Crippen MR) is 111 cm³/mol. The predicted octanol–water partition coefficient (Wildman–Crippen LogP) is 2.86. The Hall–Kier alpha value is -4.57. The number of rotatable bonds is 10. The van der Waals surface area contributed by atoms with Gasteiger partial charge in [0, 0.05) is 12.1 Å². The van der Waals surface area contributed by atoms with E-state index in [-0.39, 0.29) is 41.9 Å². The van der Waals surface area contributed by atoms with E-state index in [1.807, 2.05) is 0 Å². The zero-order valence-corrected chi connectivity index (χ0v) is 17.3. The van der Waals surface area contributed by atoms with Crippen molar-refractivity contribution in [3.05, 3.63) is 75.8 Å². The van der Waals surface area contributed by atoms with E-state index in [0.717, 1.165) is 12.1 Å². The van der Waals surface area contributed by atoms with Gasteiger partial charge >= 0.3 is 5.97 Å². The molecule has 2 aromatic rings. The first kappa shape index (κ1) is 24.1. The summed E-state index contributed by atoms with van der Waals surface area (Å²) in [7, 11) is 0. The van der Waals surface area contributed by atoms with Crippen LogP contribution in [0.2, 0.25) is 0 Å². The van der Waals surface area contributed by atoms with Crippen LogP contribution in [0.4, 0.5) is 22.7 Å². The quantitative estimate of drug-likeness (QED) is 0.226. The largest absolute Gasteiger partial charge is 0.466 e. The summed E-state index contributed by atoms with van der Waals surface area (Å²) in [5.41, 5.74) is -1.35. The molecule has 178 valence electrons. The number of carbonyl (C=O) groups is 1. The maximum Gasteiger partial charge on any atom is 0.308 e. The summed E-state index contributed by atoms with van der Waals surface area (Å²) in [6.07, 6.45) is -0.197. The van der Waals surface area contributed by atoms with Crippen molar-refractivity contribution in [1.29, 1.82) is 0 Å². The number of nitrogens with one attached hydrogen (secondary N) is 1. The molecule has 0 saturated carbocycles. The Morgan fingerprint density at radius 3 is 1.71 bits per heavy atom. The lowest BCUT2D eigenvalue weighted by Crippen LogP contribution is -2.23. The van der Waals surface area contributed by atoms with Gasteiger partial charge in [-0.25, -0.2) is 0 Å². The molecule has 16 heteroatoms. The van der Waals surface area contributed by atoms with Gasteiger partial charge in [0.1, 0.15) is 0 Å². The third-order valence-corrected chi connectivity index (χ3v) is 4.87. The summed E-state index contributed by atoms with van der Waals surface area (Å²) >= 11 is 0. The van der Waals surface area contributed by atoms with Crippen molar-refractivity contribution < 1.29 is 34.1 Å². The maximum absolute atomic E-state index is 11.7. The molecule has 1 aliphatic rings. The van der Waals surface area contributed by atoms with Crippen molar-refractivity contribution in [2.24, 2.45) is 0 Å². The summed E-state index contributed by atoms with van der Waals surface area (Å²) in [4.78, 5) is 59.2. The smallest absolute Gasteiger partial charge is 0.308 e. The van der Waals surface area contributed by atoms with Gasteiger partial charge in [-0.15, -0.1) is 0 Å². The number of carbonyl (C=O) groups excluding carboxylic acids is 1. The van der Waals surface area contributed by atoms with E-state index in [1.54, 1.807) is 6.92 Å². The molecule has 0 bridgehead atoms. The second-order valence-corrected chi connectivity index (χ2v) is 6.84. The van der Waals surface area contributed by atoms with Crippen molar-refractivity contribution in [2.45, 2.75) is 19.4 Å². The Balaban J connectivity index is 2.19. The lowest BCUT2D eigenvalue weighted by Gasteiger charge is -2.15. The molecule has 2 aromatic carbocycles. The number of hydrogen-bond acceptors (Lipinski definition) is 12. The number of hydroxylamine groups is 1. The van der Waals surface area contributed by atoms with E-state index in [0.29, 0.717) is 12.1 Å². The molecule has 0 heterocycles. The van der Waals surface area contributed by atoms with Gasteiger partial charge in [-0.2, -0.15) is 5.48 Å². The molecule has 1 N–H and O–H groups in total. The van der Waals surface area contributed by atoms with Gasteiger partial charge in [0.05, 0.1) is 68.6 Å². The van der Waals surface area contributed by atoms with Crippen molar-refractivity contribution >= 4 is 28.7 Å². The van der Waals surface area contributed by atoms with Crippen molar-refractivity contribution in [2.75, 3.05) is 13.2 Å². The molecule has 0 unspecified atom stereocenters. The van der Waals surface area contributed by atoms with Crippen LogP contribution in [-0.2, 0) is 14.4 Å². The number of non-ortho nitro benzene ring substituents is 2. The normalized spacial score (nSPS) is 12.0. The number of nitro groups is 4. The van der Waals surface area contributed by atoms with Crippen LogP contribution in [-0.4, -0.2) is 38.9 Å². The second-order valence-electron chi connectivity index (χ2n) is 6.84. The van der Waals surface area contributed by atoms with Crippen LogP contribution in [0.3, 0.4) is 0 Å². The highest BCUT2D eigenvalue weighted by Gasteiger charge is 2.43. The van der Waals surface area contributed by atoms with Gasteiger partial charge < -0.3 is 9.57 Å². The highest BCUT2D eigenvalue weighted by molar-refractivity contribution is 5.92. The van der Waals surface area contributed by atoms with Gasteiger partial charge in [-0.1, -0.05) is 0 Å². The molecule has 1 aliphatic carbocycles. The molecule has 0 fully saturated rings. The minimum Gasteiger partial charge on any atom is -0.466 e. The van der Waals surface area contributed by atoms with Crippen LogP contribution in [0.1, 0.15) is 30.5 Å². The zero-order valence-electron chi connectivity index (χ0n) is 17.3. The van der Waals surface area contributed by atoms with E-state index in [4.69, 9.17) is 9.57 Å². The third-order valence-electron chi connectivity index (χ3n) is 4.87. The van der Waals surface area contributed by atoms with Gasteiger partial charge in [-0.05, 0) is 18.1 Å². The Bertz CT molecular complexity index is 1150. The Morgan fingerprint density at radius 1 is 0.853 bits per heavy atom. The van der Waals surface area contributed by atoms with E-state index in [1.165, 1.54) is 0 Å². The average molecular weight is 477 g/mol. The van der Waals surface area contributed by atoms with Gasteiger partial charge in [-0.3, -0.25) is 45.3 Å². The molecule has 0 spiro atoms. The Kier molecular flexibility index (Phi) is 6.73. The number of benzene rings is 2. The number of nitro benzene ring substituents is 4. The van der Waals surface area contributed by atoms with Crippen LogP contribution in [0.25, 0.3) is 11.1 Å². The number of fused-ring (bicyclic) bond motifs is 3. The average Bonchev–Trinajstić information content (AvgIpc) is 3.08. The van der Waals surface area contributed by atoms with E-state index >= 15 is 0 Å². The lowest BCUT2D eigenvalue weighted by molar-refractivity contribution is -0.395. The molecule has 0 aromatic heterocycles. The fourth-order valence-corrected chi connectivity index (χ4v) is 3.57. The van der Waals surface area contributed by atoms with Crippen molar-refractivity contribution in [1.82, 2.24) is 5.48 Å². The molecular formula is C18H15N5O11. The number of ether oxygens (including phenoxy) is 1. The molecule has 0 atom stereocenters. The van der Waals surface area contributed by atoms with Gasteiger partial charge in [0.15, 0.2) is 0 Å². The van der Waals surface area contributed by atoms with Gasteiger partial charge in [0.2, 0.25) is 0 Å². The van der Waals surface area contributed by atoms with Crippen LogP contribution in [0, 0.1) is 40.5 Å². The molecule has 0 radical (unpaired) electrons. The first-order valence-electron chi connectivity index (χ1n) is 9.53. The topological polar surface area (TPSA) is 220 Å². The number of hydrogen-bond donors (Lipinski definition) is 1. The van der Waals surface area contributed by atoms with E-state index < -0.39 is 54.5 Å². The molecule has 0 aliphatic heterocycles. The first-order chi connectivity index (χ1) is 16.1. The first-order valence-corrected chi connectivity index (χ1v) is 9.53. The zero-order chi connectivity index (χ0) is 25.2. The molecule has 0 amide bonds. The summed E-state index contributed by atoms with van der Waals surface area (Å²) in [6.45, 7) is 1.48. The number of nitrogens with zero attached hydrogens (tertiary/aromatic N) is 4. The maximum atomic E-state index is 11.7. The molecule has 16 nitrogen and oxygen atoms in total. The third kappa shape index (κ3) is 4.48. The Morgan fingerprint density at radius 2 is 1.32 bits per heavy atom. The van der Waals surface area contributed by atoms with Gasteiger partial charge in [0.25, 0.3) is 22.7 Å². The standard InChI is InChI=1S/C18H15N5O11/c1-2-33-15(24)3-4-34-19-18-11-5-9(20(25)26)7-13(22(29)30)16(11)17-12(18)6-10(21(27)28)8-14(17)23(31)32/h5-8,18-19H,2-4H2,1H3. The summed E-state index contributed by atoms with van der Waals surface area (Å²) in [6, 6.07) is 1.94. The van der Waals surface area contributed by atoms with Crippen molar-refractivity contribution in [3.63, 3.8) is 0 Å². The lowest BCUT2D eigenvalue weighted by atomic mass is 10.0. The summed E-state index contributed by atoms with van der Waals surface area (Å²) in [5, 5.41) is 46.1. The fourth-order valence-electron chi connectivity index (χ4n) is 3.57. The van der Waals surface area contributed by atoms with Crippen LogP contribution < -0.4 is 5.48 Å². The highest BCUT2D eigenvalue weighted by Crippen LogP contribution is 2.53. The fraction of sp³-hybridized carbons (Fsp3) is 0.278. The highest BCUT2D eigenvalue weighted by atomic mass is 16.7. The summed E-state index contributed by atoms with van der Waals surface area (Å²) < 4.78 is 4.75. The molecule has 34 heavy (non-hydrogen) atoms. The Labute approximate surface area is 188 Å². The minimum atomic E-state index is -1.29. The van der Waals surface area contributed by atoms with E-state index in [2.05, 4.69) is 5.48 Å². The molecule has 0 saturated heterocycles. The summed E-state index contributed by atoms with van der Waals surface area (Å²) in [5.74, 6) is -0.589. The van der Waals surface area contributed by atoms with Crippen molar-refractivity contribution in [3.8, 4) is 11.1 Å². The second kappa shape index (κ2) is 9.51. The molecule has 3 rings (SSSR count). The number of esters is 1. The minimum absolute atomic E-state index is 0.129. The monoisotopic (exact) mass is 477 g/mol. The van der Waals surface area contributed by atoms with Crippen LogP contribution >= 0.6 is 0 Å².